The molecule has 2 aromatic carbocycles. The van der Waals surface area contributed by atoms with E-state index in [0.29, 0.717) is 27.6 Å². The molecule has 0 spiro atoms. The summed E-state index contributed by atoms with van der Waals surface area (Å²) in [4.78, 5) is 26.2. The lowest BCUT2D eigenvalue weighted by Gasteiger charge is -2.22. The zero-order chi connectivity index (χ0) is 19.7. The largest absolute Gasteiger partial charge is 0.507 e. The number of methoxy groups -OCH3 is 2. The van der Waals surface area contributed by atoms with Crippen molar-refractivity contribution in [3.05, 3.63) is 64.2 Å². The summed E-state index contributed by atoms with van der Waals surface area (Å²) in [5.74, 6) is -0.711. The van der Waals surface area contributed by atoms with E-state index >= 15 is 0 Å². The number of rotatable bonds is 4. The molecule has 1 aliphatic rings. The summed E-state index contributed by atoms with van der Waals surface area (Å²) in [6, 6.07) is 10.7. The average Bonchev–Trinajstić information content (AvgIpc) is 2.91. The molecule has 7 heteroatoms. The van der Waals surface area contributed by atoms with Crippen LogP contribution in [0.5, 0.6) is 11.5 Å². The second-order valence-corrected chi connectivity index (χ2v) is 6.47. The third-order valence-electron chi connectivity index (χ3n) is 4.52. The maximum Gasteiger partial charge on any atom is 0.295 e. The highest BCUT2D eigenvalue weighted by Gasteiger charge is 2.44. The van der Waals surface area contributed by atoms with E-state index in [1.807, 2.05) is 0 Å². The van der Waals surface area contributed by atoms with Gasteiger partial charge in [0.25, 0.3) is 11.7 Å². The predicted molar refractivity (Wildman–Crippen MR) is 101 cm³/mol. The Labute approximate surface area is 161 Å². The van der Waals surface area contributed by atoms with E-state index in [1.165, 1.54) is 26.2 Å². The molecule has 0 aromatic heterocycles. The van der Waals surface area contributed by atoms with E-state index in [-0.39, 0.29) is 11.3 Å². The zero-order valence-corrected chi connectivity index (χ0v) is 15.8. The van der Waals surface area contributed by atoms with Crippen LogP contribution in [-0.4, -0.2) is 43.0 Å². The molecule has 27 heavy (non-hydrogen) atoms. The number of halogens is 1. The minimum atomic E-state index is -0.750. The highest BCUT2D eigenvalue weighted by molar-refractivity contribution is 6.46. The third-order valence-corrected chi connectivity index (χ3v) is 4.77. The molecule has 0 saturated carbocycles. The van der Waals surface area contributed by atoms with Gasteiger partial charge in [0.15, 0.2) is 11.5 Å². The Bertz CT molecular complexity index is 936. The standard InChI is InChI=1S/C20H18ClNO5/c1-22-17(12-6-9-14(26-2)15(10-12)27-3)16(19(24)20(22)25)18(23)11-4-7-13(21)8-5-11/h4-10,17,23H,1-3H3/b18-16+/t17-/m1/s1. The first-order valence-electron chi connectivity index (χ1n) is 8.11. The summed E-state index contributed by atoms with van der Waals surface area (Å²) in [6.07, 6.45) is 0. The number of hydrogen-bond donors (Lipinski definition) is 1. The Morgan fingerprint density at radius 1 is 1.04 bits per heavy atom. The molecule has 1 atom stereocenters. The summed E-state index contributed by atoms with van der Waals surface area (Å²) in [7, 11) is 4.53. The number of ether oxygens (including phenoxy) is 2. The van der Waals surface area contributed by atoms with E-state index in [2.05, 4.69) is 0 Å². The summed E-state index contributed by atoms with van der Waals surface area (Å²) < 4.78 is 10.5. The van der Waals surface area contributed by atoms with Gasteiger partial charge in [0.2, 0.25) is 0 Å². The molecule has 1 fully saturated rings. The van der Waals surface area contributed by atoms with Gasteiger partial charge in [-0.15, -0.1) is 0 Å². The summed E-state index contributed by atoms with van der Waals surface area (Å²) in [5.41, 5.74) is 1.03. The van der Waals surface area contributed by atoms with Crippen LogP contribution in [0.1, 0.15) is 17.2 Å². The molecule has 3 rings (SSSR count). The number of likely N-dealkylation sites (tertiary alicyclic amines) is 1. The maximum absolute atomic E-state index is 12.6. The number of carbonyl (C=O) groups excluding carboxylic acids is 2. The zero-order valence-electron chi connectivity index (χ0n) is 15.0. The molecule has 0 radical (unpaired) electrons. The first kappa shape index (κ1) is 18.8. The molecule has 2 aromatic rings. The van der Waals surface area contributed by atoms with Gasteiger partial charge in [-0.05, 0) is 42.0 Å². The third kappa shape index (κ3) is 3.24. The van der Waals surface area contributed by atoms with Crippen molar-refractivity contribution in [2.45, 2.75) is 6.04 Å². The van der Waals surface area contributed by atoms with Crippen molar-refractivity contribution in [1.82, 2.24) is 4.90 Å². The number of amides is 1. The summed E-state index contributed by atoms with van der Waals surface area (Å²) in [6.45, 7) is 0. The second kappa shape index (κ2) is 7.32. The number of nitrogens with zero attached hydrogens (tertiary/aromatic N) is 1. The van der Waals surface area contributed by atoms with Crippen LogP contribution in [0.2, 0.25) is 5.02 Å². The van der Waals surface area contributed by atoms with E-state index in [9.17, 15) is 14.7 Å². The summed E-state index contributed by atoms with van der Waals surface area (Å²) >= 11 is 5.88. The van der Waals surface area contributed by atoms with Crippen LogP contribution < -0.4 is 9.47 Å². The smallest absolute Gasteiger partial charge is 0.295 e. The summed E-state index contributed by atoms with van der Waals surface area (Å²) in [5, 5.41) is 11.3. The van der Waals surface area contributed by atoms with Gasteiger partial charge in [-0.2, -0.15) is 0 Å². The van der Waals surface area contributed by atoms with E-state index in [0.717, 1.165) is 0 Å². The highest BCUT2D eigenvalue weighted by Crippen LogP contribution is 2.41. The number of aliphatic hydroxyl groups excluding tert-OH is 1. The van der Waals surface area contributed by atoms with Crippen molar-refractivity contribution in [2.24, 2.45) is 0 Å². The lowest BCUT2D eigenvalue weighted by molar-refractivity contribution is -0.139. The quantitative estimate of drug-likeness (QED) is 0.494. The highest BCUT2D eigenvalue weighted by atomic mass is 35.5. The number of Topliss-reactive ketones (excluding diaryl/α,β-unsaturated/α-hetero) is 1. The average molecular weight is 388 g/mol. The van der Waals surface area contributed by atoms with Crippen LogP contribution in [-0.2, 0) is 9.59 Å². The predicted octanol–water partition coefficient (Wildman–Crippen LogP) is 3.41. The number of likely N-dealkylation sites (N-methyl/N-ethyl adjacent to an activating group) is 1. The van der Waals surface area contributed by atoms with Crippen LogP contribution >= 0.6 is 11.6 Å². The van der Waals surface area contributed by atoms with Gasteiger partial charge in [0, 0.05) is 17.6 Å². The van der Waals surface area contributed by atoms with Gasteiger partial charge in [-0.25, -0.2) is 0 Å². The molecule has 0 unspecified atom stereocenters. The fraction of sp³-hybridized carbons (Fsp3) is 0.200. The second-order valence-electron chi connectivity index (χ2n) is 6.03. The molecular weight excluding hydrogens is 370 g/mol. The maximum atomic E-state index is 12.6. The van der Waals surface area contributed by atoms with Gasteiger partial charge in [0.05, 0.1) is 25.8 Å². The van der Waals surface area contributed by atoms with Gasteiger partial charge in [-0.3, -0.25) is 9.59 Å². The molecule has 1 saturated heterocycles. The molecular formula is C20H18ClNO5. The van der Waals surface area contributed by atoms with Crippen LogP contribution in [0, 0.1) is 0 Å². The van der Waals surface area contributed by atoms with E-state index in [1.54, 1.807) is 42.5 Å². The Hall–Kier alpha value is -2.99. The number of aliphatic hydroxyl groups is 1. The molecule has 0 bridgehead atoms. The molecule has 1 amide bonds. The molecule has 140 valence electrons. The Balaban J connectivity index is 2.17. The molecule has 1 heterocycles. The van der Waals surface area contributed by atoms with Crippen molar-refractivity contribution in [3.8, 4) is 11.5 Å². The Kier molecular flexibility index (Phi) is 5.10. The van der Waals surface area contributed by atoms with Gasteiger partial charge >= 0.3 is 0 Å². The Morgan fingerprint density at radius 3 is 2.26 bits per heavy atom. The van der Waals surface area contributed by atoms with E-state index in [4.69, 9.17) is 21.1 Å². The van der Waals surface area contributed by atoms with Gasteiger partial charge in [-0.1, -0.05) is 17.7 Å². The monoisotopic (exact) mass is 387 g/mol. The minimum Gasteiger partial charge on any atom is -0.507 e. The van der Waals surface area contributed by atoms with Gasteiger partial charge in [0.1, 0.15) is 5.76 Å². The minimum absolute atomic E-state index is 0.0112. The first-order chi connectivity index (χ1) is 12.9. The van der Waals surface area contributed by atoms with Crippen LogP contribution in [0.25, 0.3) is 5.76 Å². The lowest BCUT2D eigenvalue weighted by Crippen LogP contribution is -2.24. The van der Waals surface area contributed by atoms with Crippen molar-refractivity contribution in [1.29, 1.82) is 0 Å². The normalized spacial score (nSPS) is 18.7. The molecule has 6 nitrogen and oxygen atoms in total. The SMILES string of the molecule is COc1ccc([C@@H]2/C(=C(\O)c3ccc(Cl)cc3)C(=O)C(=O)N2C)cc1OC. The number of benzene rings is 2. The fourth-order valence-electron chi connectivity index (χ4n) is 3.12. The first-order valence-corrected chi connectivity index (χ1v) is 8.49. The fourth-order valence-corrected chi connectivity index (χ4v) is 3.25. The number of carbonyl (C=O) groups is 2. The molecule has 0 aliphatic carbocycles. The van der Waals surface area contributed by atoms with Crippen LogP contribution in [0.3, 0.4) is 0 Å². The van der Waals surface area contributed by atoms with E-state index < -0.39 is 17.7 Å². The van der Waals surface area contributed by atoms with Crippen molar-refractivity contribution in [3.63, 3.8) is 0 Å². The van der Waals surface area contributed by atoms with Crippen molar-refractivity contribution in [2.75, 3.05) is 21.3 Å². The Morgan fingerprint density at radius 2 is 1.67 bits per heavy atom. The molecule has 1 aliphatic heterocycles. The van der Waals surface area contributed by atoms with Crippen molar-refractivity contribution >= 4 is 29.1 Å². The molecule has 1 N–H and O–H groups in total. The number of hydrogen-bond acceptors (Lipinski definition) is 5. The number of ketones is 1. The lowest BCUT2D eigenvalue weighted by atomic mass is 9.95. The van der Waals surface area contributed by atoms with Crippen molar-refractivity contribution < 1.29 is 24.2 Å². The van der Waals surface area contributed by atoms with Crippen LogP contribution in [0.4, 0.5) is 0 Å². The van der Waals surface area contributed by atoms with Crippen LogP contribution in [0.15, 0.2) is 48.0 Å². The topological polar surface area (TPSA) is 76.1 Å². The van der Waals surface area contributed by atoms with Gasteiger partial charge < -0.3 is 19.5 Å².